The predicted molar refractivity (Wildman–Crippen MR) is 115 cm³/mol. The van der Waals surface area contributed by atoms with E-state index in [0.29, 0.717) is 24.4 Å². The summed E-state index contributed by atoms with van der Waals surface area (Å²) < 4.78 is 10.5. The highest BCUT2D eigenvalue weighted by Gasteiger charge is 2.19. The summed E-state index contributed by atoms with van der Waals surface area (Å²) in [5.74, 6) is -0.401. The standard InChI is InChI=1S/C25H25NO4/c1-29-23-15-9-8-14-22(23)25(28)30-19-24(27)26(18-21-12-6-3-7-13-21)17-16-20-10-4-2-5-11-20/h2-15H,16-19H2,1H3. The third kappa shape index (κ3) is 5.95. The molecule has 0 saturated heterocycles. The van der Waals surface area contributed by atoms with Crippen LogP contribution in [0.25, 0.3) is 0 Å². The first-order valence-electron chi connectivity index (χ1n) is 9.83. The number of carbonyl (C=O) groups is 2. The quantitative estimate of drug-likeness (QED) is 0.504. The zero-order valence-corrected chi connectivity index (χ0v) is 17.0. The van der Waals surface area contributed by atoms with E-state index in [-0.39, 0.29) is 12.5 Å². The summed E-state index contributed by atoms with van der Waals surface area (Å²) in [5, 5.41) is 0. The molecule has 0 aliphatic carbocycles. The second-order valence-corrected chi connectivity index (χ2v) is 6.81. The molecular formula is C25H25NO4. The fourth-order valence-electron chi connectivity index (χ4n) is 3.11. The Bertz CT molecular complexity index is 957. The maximum atomic E-state index is 12.9. The van der Waals surface area contributed by atoms with Gasteiger partial charge in [0.05, 0.1) is 7.11 Å². The van der Waals surface area contributed by atoms with Crippen molar-refractivity contribution in [2.24, 2.45) is 0 Å². The number of ether oxygens (including phenoxy) is 2. The van der Waals surface area contributed by atoms with E-state index in [1.165, 1.54) is 7.11 Å². The van der Waals surface area contributed by atoms with Gasteiger partial charge in [0.1, 0.15) is 11.3 Å². The third-order valence-corrected chi connectivity index (χ3v) is 4.74. The number of esters is 1. The van der Waals surface area contributed by atoms with Crippen molar-refractivity contribution in [2.75, 3.05) is 20.3 Å². The van der Waals surface area contributed by atoms with E-state index in [4.69, 9.17) is 9.47 Å². The summed E-state index contributed by atoms with van der Waals surface area (Å²) in [6.45, 7) is 0.668. The van der Waals surface area contributed by atoms with E-state index in [2.05, 4.69) is 0 Å². The zero-order chi connectivity index (χ0) is 21.2. The second-order valence-electron chi connectivity index (χ2n) is 6.81. The molecule has 0 aliphatic rings. The topological polar surface area (TPSA) is 55.8 Å². The Kier molecular flexibility index (Phi) is 7.61. The number of amides is 1. The highest BCUT2D eigenvalue weighted by molar-refractivity contribution is 5.94. The molecule has 3 aromatic carbocycles. The van der Waals surface area contributed by atoms with Crippen LogP contribution in [0.2, 0.25) is 0 Å². The van der Waals surface area contributed by atoms with Gasteiger partial charge >= 0.3 is 5.97 Å². The van der Waals surface area contributed by atoms with Gasteiger partial charge < -0.3 is 14.4 Å². The summed E-state index contributed by atoms with van der Waals surface area (Å²) in [6, 6.07) is 26.6. The van der Waals surface area contributed by atoms with Crippen molar-refractivity contribution in [1.82, 2.24) is 4.90 Å². The van der Waals surface area contributed by atoms with Gasteiger partial charge in [0.15, 0.2) is 6.61 Å². The van der Waals surface area contributed by atoms with Crippen LogP contribution in [0.1, 0.15) is 21.5 Å². The minimum Gasteiger partial charge on any atom is -0.496 e. The highest BCUT2D eigenvalue weighted by atomic mass is 16.5. The van der Waals surface area contributed by atoms with Crippen LogP contribution >= 0.6 is 0 Å². The van der Waals surface area contributed by atoms with Gasteiger partial charge in [-0.1, -0.05) is 72.8 Å². The van der Waals surface area contributed by atoms with Gasteiger partial charge in [-0.3, -0.25) is 4.79 Å². The summed E-state index contributed by atoms with van der Waals surface area (Å²) in [4.78, 5) is 27.0. The molecule has 0 heterocycles. The van der Waals surface area contributed by atoms with E-state index in [1.54, 1.807) is 29.2 Å². The first kappa shape index (κ1) is 21.1. The number of para-hydroxylation sites is 1. The molecule has 0 spiro atoms. The number of carbonyl (C=O) groups excluding carboxylic acids is 2. The maximum absolute atomic E-state index is 12.9. The van der Waals surface area contributed by atoms with Gasteiger partial charge in [0.25, 0.3) is 5.91 Å². The number of hydrogen-bond acceptors (Lipinski definition) is 4. The number of hydrogen-bond donors (Lipinski definition) is 0. The molecule has 5 nitrogen and oxygen atoms in total. The Morgan fingerprint density at radius 3 is 2.07 bits per heavy atom. The van der Waals surface area contributed by atoms with E-state index in [0.717, 1.165) is 17.5 Å². The van der Waals surface area contributed by atoms with E-state index in [9.17, 15) is 9.59 Å². The molecule has 0 aromatic heterocycles. The van der Waals surface area contributed by atoms with Crippen molar-refractivity contribution >= 4 is 11.9 Å². The molecule has 30 heavy (non-hydrogen) atoms. The molecule has 0 unspecified atom stereocenters. The molecule has 0 N–H and O–H groups in total. The molecule has 0 radical (unpaired) electrons. The van der Waals surface area contributed by atoms with E-state index >= 15 is 0 Å². The van der Waals surface area contributed by atoms with Crippen LogP contribution in [0.5, 0.6) is 5.75 Å². The largest absolute Gasteiger partial charge is 0.496 e. The Morgan fingerprint density at radius 1 is 0.800 bits per heavy atom. The summed E-state index contributed by atoms with van der Waals surface area (Å²) >= 11 is 0. The minimum absolute atomic E-state index is 0.238. The first-order chi connectivity index (χ1) is 14.7. The molecule has 0 bridgehead atoms. The molecular weight excluding hydrogens is 378 g/mol. The van der Waals surface area contributed by atoms with Crippen molar-refractivity contribution in [1.29, 1.82) is 0 Å². The molecule has 0 atom stereocenters. The fourth-order valence-corrected chi connectivity index (χ4v) is 3.11. The monoisotopic (exact) mass is 403 g/mol. The molecule has 154 valence electrons. The van der Waals surface area contributed by atoms with Crippen LogP contribution in [0.4, 0.5) is 0 Å². The van der Waals surface area contributed by atoms with Crippen LogP contribution < -0.4 is 4.74 Å². The van der Waals surface area contributed by atoms with Gasteiger partial charge in [-0.15, -0.1) is 0 Å². The lowest BCUT2D eigenvalue weighted by molar-refractivity contribution is -0.135. The normalized spacial score (nSPS) is 10.3. The Labute approximate surface area is 176 Å². The average molecular weight is 403 g/mol. The lowest BCUT2D eigenvalue weighted by Crippen LogP contribution is -2.35. The average Bonchev–Trinajstić information content (AvgIpc) is 2.81. The van der Waals surface area contributed by atoms with Gasteiger partial charge in [-0.05, 0) is 29.7 Å². The number of methoxy groups -OCH3 is 1. The van der Waals surface area contributed by atoms with Gasteiger partial charge in [-0.2, -0.15) is 0 Å². The number of benzene rings is 3. The van der Waals surface area contributed by atoms with Crippen LogP contribution in [-0.2, 0) is 22.5 Å². The van der Waals surface area contributed by atoms with Crippen LogP contribution in [0, 0.1) is 0 Å². The molecule has 3 rings (SSSR count). The first-order valence-corrected chi connectivity index (χ1v) is 9.83. The predicted octanol–water partition coefficient (Wildman–Crippen LogP) is 4.12. The molecule has 0 aliphatic heterocycles. The van der Waals surface area contributed by atoms with Crippen LogP contribution in [-0.4, -0.2) is 37.0 Å². The summed E-state index contributed by atoms with van der Waals surface area (Å²) in [5.41, 5.74) is 2.47. The van der Waals surface area contributed by atoms with Gasteiger partial charge in [0.2, 0.25) is 0 Å². The Morgan fingerprint density at radius 2 is 1.40 bits per heavy atom. The Hall–Kier alpha value is -3.60. The Balaban J connectivity index is 1.65. The molecule has 3 aromatic rings. The van der Waals surface area contributed by atoms with E-state index in [1.807, 2.05) is 60.7 Å². The van der Waals surface area contributed by atoms with Crippen molar-refractivity contribution in [3.8, 4) is 5.75 Å². The summed E-state index contributed by atoms with van der Waals surface area (Å²) in [6.07, 6.45) is 0.722. The van der Waals surface area contributed by atoms with Crippen LogP contribution in [0.15, 0.2) is 84.9 Å². The number of nitrogens with zero attached hydrogens (tertiary/aromatic N) is 1. The molecule has 1 amide bonds. The fraction of sp³-hybridized carbons (Fsp3) is 0.200. The lowest BCUT2D eigenvalue weighted by Gasteiger charge is -2.23. The highest BCUT2D eigenvalue weighted by Crippen LogP contribution is 2.18. The van der Waals surface area contributed by atoms with Gasteiger partial charge in [0, 0.05) is 13.1 Å². The van der Waals surface area contributed by atoms with Crippen molar-refractivity contribution in [3.63, 3.8) is 0 Å². The molecule has 0 fully saturated rings. The zero-order valence-electron chi connectivity index (χ0n) is 17.0. The summed E-state index contributed by atoms with van der Waals surface area (Å²) in [7, 11) is 1.49. The van der Waals surface area contributed by atoms with Crippen molar-refractivity contribution < 1.29 is 19.1 Å². The third-order valence-electron chi connectivity index (χ3n) is 4.74. The lowest BCUT2D eigenvalue weighted by atomic mass is 10.1. The number of rotatable bonds is 9. The second kappa shape index (κ2) is 10.8. The van der Waals surface area contributed by atoms with Crippen molar-refractivity contribution in [2.45, 2.75) is 13.0 Å². The SMILES string of the molecule is COc1ccccc1C(=O)OCC(=O)N(CCc1ccccc1)Cc1ccccc1. The molecule has 5 heteroatoms. The van der Waals surface area contributed by atoms with Crippen LogP contribution in [0.3, 0.4) is 0 Å². The van der Waals surface area contributed by atoms with Gasteiger partial charge in [-0.25, -0.2) is 4.79 Å². The smallest absolute Gasteiger partial charge is 0.342 e. The minimum atomic E-state index is -0.580. The van der Waals surface area contributed by atoms with E-state index < -0.39 is 5.97 Å². The molecule has 0 saturated carbocycles. The maximum Gasteiger partial charge on any atom is 0.342 e. The van der Waals surface area contributed by atoms with Crippen molar-refractivity contribution in [3.05, 3.63) is 102 Å².